The summed E-state index contributed by atoms with van der Waals surface area (Å²) < 4.78 is 16.4. The van der Waals surface area contributed by atoms with Crippen LogP contribution in [0.4, 0.5) is 10.5 Å². The Morgan fingerprint density at radius 2 is 1.62 bits per heavy atom. The quantitative estimate of drug-likeness (QED) is 0.376. The number of fused-ring (bicyclic) bond motifs is 1. The van der Waals surface area contributed by atoms with Gasteiger partial charge in [0.05, 0.1) is 38.9 Å². The molecule has 0 radical (unpaired) electrons. The molecule has 0 saturated heterocycles. The SMILES string of the molecule is COc1cc2c(cc1OC)CC(N(C)C(=O)CN(CC(=O)NCCN(C(=O)OC(C)(C)C)C(C)C)c1cc(C#N)ccc1C)C2. The highest BCUT2D eigenvalue weighted by Gasteiger charge is 2.31. The number of carbonyl (C=O) groups is 3. The minimum absolute atomic E-state index is 0.0604. The van der Waals surface area contributed by atoms with Gasteiger partial charge in [-0.05, 0) is 95.3 Å². The highest BCUT2D eigenvalue weighted by Crippen LogP contribution is 2.36. The van der Waals surface area contributed by atoms with Gasteiger partial charge in [-0.3, -0.25) is 9.59 Å². The van der Waals surface area contributed by atoms with E-state index >= 15 is 0 Å². The number of likely N-dealkylation sites (N-methyl/N-ethyl adjacent to an activating group) is 1. The molecule has 0 atom stereocenters. The van der Waals surface area contributed by atoms with E-state index < -0.39 is 11.7 Å². The smallest absolute Gasteiger partial charge is 0.410 e. The first-order chi connectivity index (χ1) is 21.2. The molecule has 0 aliphatic heterocycles. The van der Waals surface area contributed by atoms with Crippen LogP contribution in [0.3, 0.4) is 0 Å². The second-order valence-corrected chi connectivity index (χ2v) is 12.6. The summed E-state index contributed by atoms with van der Waals surface area (Å²) in [5, 5.41) is 12.4. The van der Waals surface area contributed by atoms with Crippen molar-refractivity contribution in [3.05, 3.63) is 52.6 Å². The van der Waals surface area contributed by atoms with Crippen molar-refractivity contribution in [1.29, 1.82) is 5.26 Å². The molecule has 3 amide bonds. The molecular formula is C34H47N5O6. The van der Waals surface area contributed by atoms with E-state index in [0.29, 0.717) is 35.6 Å². The first kappa shape index (κ1) is 35.0. The second-order valence-electron chi connectivity index (χ2n) is 12.6. The van der Waals surface area contributed by atoms with Crippen molar-refractivity contribution < 1.29 is 28.6 Å². The predicted octanol–water partition coefficient (Wildman–Crippen LogP) is 4.08. The standard InChI is InChI=1S/C34H47N5O6/c1-22(2)39(33(42)45-34(4,5)6)13-12-36-31(40)20-38(28-14-24(19-35)11-10-23(28)3)21-32(41)37(7)27-15-25-17-29(43-8)30(44-9)18-26(25)16-27/h10-11,14,17-18,22,27H,12-13,15-16,20-21H2,1-9H3,(H,36,40). The zero-order valence-corrected chi connectivity index (χ0v) is 28.0. The Labute approximate surface area is 267 Å². The molecule has 2 aromatic carbocycles. The number of anilines is 1. The van der Waals surface area contributed by atoms with Gasteiger partial charge in [0.1, 0.15) is 5.60 Å². The van der Waals surface area contributed by atoms with Crippen LogP contribution in [-0.2, 0) is 27.2 Å². The molecule has 11 nitrogen and oxygen atoms in total. The zero-order chi connectivity index (χ0) is 33.5. The summed E-state index contributed by atoms with van der Waals surface area (Å²) >= 11 is 0. The fourth-order valence-electron chi connectivity index (χ4n) is 5.35. The van der Waals surface area contributed by atoms with Gasteiger partial charge in [-0.25, -0.2) is 4.79 Å². The third-order valence-corrected chi connectivity index (χ3v) is 7.82. The van der Waals surface area contributed by atoms with Crippen molar-refractivity contribution in [2.45, 2.75) is 72.1 Å². The summed E-state index contributed by atoms with van der Waals surface area (Å²) in [6.45, 7) is 11.4. The molecule has 3 rings (SSSR count). The van der Waals surface area contributed by atoms with Gasteiger partial charge in [0, 0.05) is 37.9 Å². The lowest BCUT2D eigenvalue weighted by atomic mass is 10.1. The number of nitrogens with zero attached hydrogens (tertiary/aromatic N) is 4. The zero-order valence-electron chi connectivity index (χ0n) is 28.0. The van der Waals surface area contributed by atoms with E-state index in [4.69, 9.17) is 14.2 Å². The van der Waals surface area contributed by atoms with Crippen LogP contribution in [0.5, 0.6) is 11.5 Å². The lowest BCUT2D eigenvalue weighted by Gasteiger charge is -2.31. The van der Waals surface area contributed by atoms with Crippen LogP contribution in [0.1, 0.15) is 56.9 Å². The van der Waals surface area contributed by atoms with Gasteiger partial charge in [0.15, 0.2) is 11.5 Å². The van der Waals surface area contributed by atoms with E-state index in [9.17, 15) is 19.6 Å². The Bertz CT molecular complexity index is 1390. The fraction of sp³-hybridized carbons (Fsp3) is 0.529. The Hall–Kier alpha value is -4.46. The average Bonchev–Trinajstić information content (AvgIpc) is 3.39. The molecule has 0 heterocycles. The van der Waals surface area contributed by atoms with E-state index in [0.717, 1.165) is 16.7 Å². The van der Waals surface area contributed by atoms with Crippen molar-refractivity contribution >= 4 is 23.6 Å². The van der Waals surface area contributed by atoms with Gasteiger partial charge in [-0.2, -0.15) is 5.26 Å². The number of methoxy groups -OCH3 is 2. The number of carbonyl (C=O) groups excluding carboxylic acids is 3. The Balaban J connectivity index is 1.73. The van der Waals surface area contributed by atoms with Crippen molar-refractivity contribution in [2.24, 2.45) is 0 Å². The number of nitrogens with one attached hydrogen (secondary N) is 1. The summed E-state index contributed by atoms with van der Waals surface area (Å²) in [5.41, 5.74) is 3.47. The number of rotatable bonds is 12. The van der Waals surface area contributed by atoms with Gasteiger partial charge in [-0.1, -0.05) is 6.07 Å². The first-order valence-corrected chi connectivity index (χ1v) is 15.2. The molecule has 0 aromatic heterocycles. The van der Waals surface area contributed by atoms with Gasteiger partial charge in [0.2, 0.25) is 11.8 Å². The molecule has 0 unspecified atom stereocenters. The van der Waals surface area contributed by atoms with Crippen LogP contribution in [0.15, 0.2) is 30.3 Å². The topological polar surface area (TPSA) is 124 Å². The lowest BCUT2D eigenvalue weighted by molar-refractivity contribution is -0.130. The molecule has 0 fully saturated rings. The maximum Gasteiger partial charge on any atom is 0.410 e. The normalized spacial score (nSPS) is 12.6. The average molecular weight is 622 g/mol. The van der Waals surface area contributed by atoms with E-state index in [2.05, 4.69) is 11.4 Å². The van der Waals surface area contributed by atoms with E-state index in [1.807, 2.05) is 59.7 Å². The Morgan fingerprint density at radius 1 is 1.02 bits per heavy atom. The number of benzene rings is 2. The summed E-state index contributed by atoms with van der Waals surface area (Å²) in [6.07, 6.45) is 0.897. The van der Waals surface area contributed by atoms with Crippen LogP contribution < -0.4 is 19.7 Å². The Kier molecular flexibility index (Phi) is 11.7. The molecule has 1 aliphatic rings. The molecule has 0 saturated carbocycles. The molecule has 2 aromatic rings. The number of amides is 3. The summed E-state index contributed by atoms with van der Waals surface area (Å²) in [5.74, 6) is 0.835. The summed E-state index contributed by atoms with van der Waals surface area (Å²) in [7, 11) is 4.98. The first-order valence-electron chi connectivity index (χ1n) is 15.2. The molecule has 1 N–H and O–H groups in total. The molecule has 45 heavy (non-hydrogen) atoms. The molecule has 244 valence electrons. The van der Waals surface area contributed by atoms with Gasteiger partial charge in [0.25, 0.3) is 0 Å². The van der Waals surface area contributed by atoms with E-state index in [1.54, 1.807) is 48.1 Å². The van der Waals surface area contributed by atoms with Crippen LogP contribution in [-0.4, -0.2) is 92.8 Å². The molecule has 0 bridgehead atoms. The number of ether oxygens (including phenoxy) is 3. The maximum absolute atomic E-state index is 13.7. The number of nitriles is 1. The van der Waals surface area contributed by atoms with Crippen molar-refractivity contribution in [3.63, 3.8) is 0 Å². The molecule has 0 spiro atoms. The van der Waals surface area contributed by atoms with Crippen LogP contribution in [0, 0.1) is 18.3 Å². The lowest BCUT2D eigenvalue weighted by Crippen LogP contribution is -2.48. The minimum Gasteiger partial charge on any atom is -0.493 e. The monoisotopic (exact) mass is 621 g/mol. The van der Waals surface area contributed by atoms with Crippen molar-refractivity contribution in [2.75, 3.05) is 52.3 Å². The van der Waals surface area contributed by atoms with Crippen LogP contribution >= 0.6 is 0 Å². The Morgan fingerprint density at radius 3 is 2.13 bits per heavy atom. The fourth-order valence-corrected chi connectivity index (χ4v) is 5.35. The van der Waals surface area contributed by atoms with Crippen molar-refractivity contribution in [1.82, 2.24) is 15.1 Å². The van der Waals surface area contributed by atoms with Gasteiger partial charge >= 0.3 is 6.09 Å². The van der Waals surface area contributed by atoms with E-state index in [1.165, 1.54) is 0 Å². The highest BCUT2D eigenvalue weighted by atomic mass is 16.6. The number of hydrogen-bond donors (Lipinski definition) is 1. The van der Waals surface area contributed by atoms with Crippen molar-refractivity contribution in [3.8, 4) is 17.6 Å². The molecule has 11 heteroatoms. The maximum atomic E-state index is 13.7. The minimum atomic E-state index is -0.634. The molecule has 1 aliphatic carbocycles. The summed E-state index contributed by atoms with van der Waals surface area (Å²) in [4.78, 5) is 44.6. The summed E-state index contributed by atoms with van der Waals surface area (Å²) in [6, 6.07) is 11.1. The second kappa shape index (κ2) is 15.0. The van der Waals surface area contributed by atoms with Gasteiger partial charge in [-0.15, -0.1) is 0 Å². The predicted molar refractivity (Wildman–Crippen MR) is 173 cm³/mol. The van der Waals surface area contributed by atoms with E-state index in [-0.39, 0.29) is 50.1 Å². The highest BCUT2D eigenvalue weighted by molar-refractivity contribution is 5.87. The van der Waals surface area contributed by atoms with Crippen LogP contribution in [0.2, 0.25) is 0 Å². The third-order valence-electron chi connectivity index (χ3n) is 7.82. The molecular weight excluding hydrogens is 574 g/mol. The van der Waals surface area contributed by atoms with Gasteiger partial charge < -0.3 is 34.2 Å². The van der Waals surface area contributed by atoms with Crippen LogP contribution in [0.25, 0.3) is 0 Å². The largest absolute Gasteiger partial charge is 0.493 e. The third kappa shape index (κ3) is 9.27. The number of aryl methyl sites for hydroxylation is 1. The number of hydrogen-bond acceptors (Lipinski definition) is 8.